The van der Waals surface area contributed by atoms with Gasteiger partial charge >= 0.3 is 0 Å². The maximum absolute atomic E-state index is 12.1. The minimum Gasteiger partial charge on any atom is -0.331 e. The Hall–Kier alpha value is -1.13. The molecule has 5 heteroatoms. The topological polar surface area (TPSA) is 34.9 Å². The Balaban J connectivity index is 2.50. The summed E-state index contributed by atoms with van der Waals surface area (Å²) in [7, 11) is 1.77. The fraction of sp³-hybridized carbons (Fsp3) is 0.0909. The van der Waals surface area contributed by atoms with Crippen molar-refractivity contribution in [3.63, 3.8) is 0 Å². The van der Waals surface area contributed by atoms with E-state index in [1.807, 2.05) is 0 Å². The highest BCUT2D eigenvalue weighted by atomic mass is 79.9. The van der Waals surface area contributed by atoms with Crippen LogP contribution in [0.15, 0.2) is 35.1 Å². The fourth-order valence-electron chi connectivity index (χ4n) is 1.38. The molecular formula is C11H8BrClN2O. The molecule has 0 unspecified atom stereocenters. The summed E-state index contributed by atoms with van der Waals surface area (Å²) in [5, 5.41) is 0.413. The van der Waals surface area contributed by atoms with Gasteiger partial charge in [0.1, 0.15) is 0 Å². The smallest absolute Gasteiger partial charge is 0.229 e. The third-order valence-electron chi connectivity index (χ3n) is 2.22. The molecule has 16 heavy (non-hydrogen) atoms. The van der Waals surface area contributed by atoms with E-state index < -0.39 is 0 Å². The van der Waals surface area contributed by atoms with Gasteiger partial charge in [-0.1, -0.05) is 17.7 Å². The van der Waals surface area contributed by atoms with Crippen molar-refractivity contribution in [2.24, 2.45) is 7.05 Å². The molecule has 82 valence electrons. The third-order valence-corrected chi connectivity index (χ3v) is 3.52. The first kappa shape index (κ1) is 11.4. The summed E-state index contributed by atoms with van der Waals surface area (Å²) in [5.74, 6) is 0.193. The van der Waals surface area contributed by atoms with E-state index >= 15 is 0 Å². The number of imidazole rings is 1. The number of aromatic nitrogens is 2. The minimum atomic E-state index is -0.182. The van der Waals surface area contributed by atoms with Gasteiger partial charge in [-0.15, -0.1) is 0 Å². The normalized spacial score (nSPS) is 10.4. The quantitative estimate of drug-likeness (QED) is 0.799. The van der Waals surface area contributed by atoms with Crippen LogP contribution in [-0.2, 0) is 7.05 Å². The molecule has 0 aliphatic rings. The molecule has 0 aliphatic heterocycles. The molecule has 0 saturated heterocycles. The summed E-state index contributed by atoms with van der Waals surface area (Å²) in [6.45, 7) is 0. The molecule has 3 nitrogen and oxygen atoms in total. The van der Waals surface area contributed by atoms with Gasteiger partial charge in [-0.3, -0.25) is 4.79 Å². The summed E-state index contributed by atoms with van der Waals surface area (Å²) >= 11 is 9.34. The van der Waals surface area contributed by atoms with Crippen molar-refractivity contribution in [1.82, 2.24) is 9.55 Å². The standard InChI is InChI=1S/C11H8BrClN2O/c1-15-6-5-14-11(15)10(16)7-3-2-4-8(12)9(7)13/h2-6H,1H3. The second kappa shape index (κ2) is 4.39. The summed E-state index contributed by atoms with van der Waals surface area (Å²) in [4.78, 5) is 16.1. The van der Waals surface area contributed by atoms with Crippen LogP contribution in [0.25, 0.3) is 0 Å². The van der Waals surface area contributed by atoms with E-state index in [9.17, 15) is 4.79 Å². The lowest BCUT2D eigenvalue weighted by Gasteiger charge is -2.04. The number of hydrogen-bond acceptors (Lipinski definition) is 2. The van der Waals surface area contributed by atoms with E-state index in [0.717, 1.165) is 0 Å². The molecule has 1 heterocycles. The van der Waals surface area contributed by atoms with Crippen molar-refractivity contribution in [2.75, 3.05) is 0 Å². The first-order valence-electron chi connectivity index (χ1n) is 4.57. The summed E-state index contributed by atoms with van der Waals surface area (Å²) < 4.78 is 2.37. The Labute approximate surface area is 106 Å². The molecular weight excluding hydrogens is 291 g/mol. The van der Waals surface area contributed by atoms with Gasteiger partial charge in [-0.2, -0.15) is 0 Å². The predicted molar refractivity (Wildman–Crippen MR) is 65.8 cm³/mol. The van der Waals surface area contributed by atoms with Crippen molar-refractivity contribution in [3.05, 3.63) is 51.5 Å². The van der Waals surface area contributed by atoms with Gasteiger partial charge in [0.2, 0.25) is 5.78 Å². The fourth-order valence-corrected chi connectivity index (χ4v) is 1.96. The van der Waals surface area contributed by atoms with Gasteiger partial charge < -0.3 is 4.57 Å². The van der Waals surface area contributed by atoms with Gasteiger partial charge in [0.05, 0.1) is 5.02 Å². The summed E-state index contributed by atoms with van der Waals surface area (Å²) in [6, 6.07) is 5.24. The van der Waals surface area contributed by atoms with E-state index in [4.69, 9.17) is 11.6 Å². The molecule has 0 bridgehead atoms. The number of ketones is 1. The van der Waals surface area contributed by atoms with Crippen molar-refractivity contribution >= 4 is 33.3 Å². The third kappa shape index (κ3) is 1.90. The number of nitrogens with zero attached hydrogens (tertiary/aromatic N) is 2. The molecule has 0 amide bonds. The molecule has 0 radical (unpaired) electrons. The number of aryl methyl sites for hydroxylation is 1. The Kier molecular flexibility index (Phi) is 3.12. The molecule has 2 aromatic rings. The zero-order chi connectivity index (χ0) is 11.7. The first-order valence-corrected chi connectivity index (χ1v) is 5.74. The van der Waals surface area contributed by atoms with Crippen LogP contribution < -0.4 is 0 Å². The van der Waals surface area contributed by atoms with E-state index in [1.54, 1.807) is 42.2 Å². The van der Waals surface area contributed by atoms with Gasteiger partial charge in [0, 0.05) is 29.5 Å². The molecule has 0 atom stereocenters. The molecule has 0 aliphatic carbocycles. The van der Waals surface area contributed by atoms with Crippen LogP contribution >= 0.6 is 27.5 Å². The molecule has 0 N–H and O–H groups in total. The molecule has 2 rings (SSSR count). The Morgan fingerprint density at radius 1 is 1.50 bits per heavy atom. The zero-order valence-electron chi connectivity index (χ0n) is 8.45. The SMILES string of the molecule is Cn1ccnc1C(=O)c1cccc(Br)c1Cl. The van der Waals surface area contributed by atoms with E-state index in [-0.39, 0.29) is 5.78 Å². The van der Waals surface area contributed by atoms with Crippen LogP contribution in [0.4, 0.5) is 0 Å². The number of benzene rings is 1. The van der Waals surface area contributed by atoms with Crippen LogP contribution in [0.5, 0.6) is 0 Å². The van der Waals surface area contributed by atoms with Gasteiger partial charge in [-0.05, 0) is 28.1 Å². The van der Waals surface area contributed by atoms with Crippen molar-refractivity contribution in [3.8, 4) is 0 Å². The Bertz CT molecular complexity index is 551. The average Bonchev–Trinajstić information content (AvgIpc) is 2.68. The second-order valence-electron chi connectivity index (χ2n) is 3.29. The first-order chi connectivity index (χ1) is 7.61. The maximum atomic E-state index is 12.1. The zero-order valence-corrected chi connectivity index (χ0v) is 10.8. The highest BCUT2D eigenvalue weighted by molar-refractivity contribution is 9.10. The minimum absolute atomic E-state index is 0.182. The molecule has 0 spiro atoms. The van der Waals surface area contributed by atoms with E-state index in [2.05, 4.69) is 20.9 Å². The van der Waals surface area contributed by atoms with E-state index in [0.29, 0.717) is 20.9 Å². The number of rotatable bonds is 2. The Morgan fingerprint density at radius 2 is 2.25 bits per heavy atom. The summed E-state index contributed by atoms with van der Waals surface area (Å²) in [6.07, 6.45) is 3.30. The van der Waals surface area contributed by atoms with Crippen LogP contribution in [0.1, 0.15) is 16.2 Å². The van der Waals surface area contributed by atoms with Crippen LogP contribution in [-0.4, -0.2) is 15.3 Å². The number of halogens is 2. The van der Waals surface area contributed by atoms with Gasteiger partial charge in [-0.25, -0.2) is 4.98 Å². The van der Waals surface area contributed by atoms with Gasteiger partial charge in [0.25, 0.3) is 0 Å². The number of carbonyl (C=O) groups is 1. The highest BCUT2D eigenvalue weighted by Gasteiger charge is 2.17. The largest absolute Gasteiger partial charge is 0.331 e. The van der Waals surface area contributed by atoms with Crippen molar-refractivity contribution < 1.29 is 4.79 Å². The van der Waals surface area contributed by atoms with Crippen LogP contribution in [0, 0.1) is 0 Å². The molecule has 1 aromatic heterocycles. The second-order valence-corrected chi connectivity index (χ2v) is 4.52. The number of hydrogen-bond donors (Lipinski definition) is 0. The molecule has 0 fully saturated rings. The highest BCUT2D eigenvalue weighted by Crippen LogP contribution is 2.27. The number of carbonyl (C=O) groups excluding carboxylic acids is 1. The van der Waals surface area contributed by atoms with Gasteiger partial charge in [0.15, 0.2) is 5.82 Å². The lowest BCUT2D eigenvalue weighted by atomic mass is 10.1. The lowest BCUT2D eigenvalue weighted by molar-refractivity contribution is 0.102. The van der Waals surface area contributed by atoms with Crippen molar-refractivity contribution in [2.45, 2.75) is 0 Å². The van der Waals surface area contributed by atoms with Crippen LogP contribution in [0.3, 0.4) is 0 Å². The summed E-state index contributed by atoms with van der Waals surface area (Å²) in [5.41, 5.74) is 0.449. The van der Waals surface area contributed by atoms with Crippen LogP contribution in [0.2, 0.25) is 5.02 Å². The Morgan fingerprint density at radius 3 is 2.88 bits per heavy atom. The predicted octanol–water partition coefficient (Wildman–Crippen LogP) is 3.07. The lowest BCUT2D eigenvalue weighted by Crippen LogP contribution is -2.09. The van der Waals surface area contributed by atoms with Crippen molar-refractivity contribution in [1.29, 1.82) is 0 Å². The average molecular weight is 300 g/mol. The molecule has 0 saturated carbocycles. The maximum Gasteiger partial charge on any atom is 0.229 e. The van der Waals surface area contributed by atoms with E-state index in [1.165, 1.54) is 0 Å². The monoisotopic (exact) mass is 298 g/mol. The molecule has 1 aromatic carbocycles.